The van der Waals surface area contributed by atoms with Gasteiger partial charge in [0, 0.05) is 45.0 Å². The Labute approximate surface area is 123 Å². The van der Waals surface area contributed by atoms with Crippen LogP contribution in [0.2, 0.25) is 0 Å². The van der Waals surface area contributed by atoms with E-state index >= 15 is 0 Å². The molecule has 0 saturated carbocycles. The highest BCUT2D eigenvalue weighted by atomic mass is 16.6. The number of carbonyl (C=O) groups is 1. The molecule has 1 saturated heterocycles. The van der Waals surface area contributed by atoms with Gasteiger partial charge in [-0.25, -0.2) is 0 Å². The molecule has 1 aliphatic rings. The van der Waals surface area contributed by atoms with Crippen LogP contribution in [0.25, 0.3) is 0 Å². The molecule has 0 atom stereocenters. The molecule has 0 radical (unpaired) electrons. The first kappa shape index (κ1) is 15.2. The fourth-order valence-corrected chi connectivity index (χ4v) is 2.26. The molecule has 1 aromatic carbocycles. The van der Waals surface area contributed by atoms with Gasteiger partial charge in [0.2, 0.25) is 0 Å². The van der Waals surface area contributed by atoms with Gasteiger partial charge in [-0.2, -0.15) is 0 Å². The van der Waals surface area contributed by atoms with Crippen molar-refractivity contribution in [3.05, 3.63) is 33.9 Å². The van der Waals surface area contributed by atoms with Crippen molar-refractivity contribution in [1.29, 1.82) is 0 Å². The summed E-state index contributed by atoms with van der Waals surface area (Å²) in [5.41, 5.74) is 0.802. The van der Waals surface area contributed by atoms with Crippen LogP contribution in [-0.4, -0.2) is 49.1 Å². The molecule has 114 valence electrons. The number of nitrogens with zero attached hydrogens (tertiary/aromatic N) is 2. The van der Waals surface area contributed by atoms with Crippen LogP contribution in [0, 0.1) is 10.1 Å². The van der Waals surface area contributed by atoms with Gasteiger partial charge in [0.15, 0.2) is 0 Å². The molecule has 0 aromatic heterocycles. The number of carbonyl (C=O) groups excluding carboxylic acids is 1. The van der Waals surface area contributed by atoms with E-state index in [-0.39, 0.29) is 17.6 Å². The summed E-state index contributed by atoms with van der Waals surface area (Å²) in [6.45, 7) is 1.28. The number of anilines is 1. The summed E-state index contributed by atoms with van der Waals surface area (Å²) in [6, 6.07) is 4.53. The third-order valence-corrected chi connectivity index (χ3v) is 3.43. The van der Waals surface area contributed by atoms with Crippen molar-refractivity contribution in [3.63, 3.8) is 0 Å². The maximum Gasteiger partial charge on any atom is 0.292 e. The van der Waals surface area contributed by atoms with Crippen molar-refractivity contribution >= 4 is 17.3 Å². The topological polar surface area (TPSA) is 84.7 Å². The highest BCUT2D eigenvalue weighted by Crippen LogP contribution is 2.28. The minimum absolute atomic E-state index is 0.0169. The second-order valence-electron chi connectivity index (χ2n) is 5.22. The minimum atomic E-state index is -0.439. The maximum absolute atomic E-state index is 12.0. The Bertz CT molecular complexity index is 539. The van der Waals surface area contributed by atoms with Crippen molar-refractivity contribution in [1.82, 2.24) is 4.90 Å². The lowest BCUT2D eigenvalue weighted by Crippen LogP contribution is -2.28. The summed E-state index contributed by atoms with van der Waals surface area (Å²) in [6.07, 6.45) is 1.59. The van der Waals surface area contributed by atoms with Gasteiger partial charge in [-0.15, -0.1) is 0 Å². The van der Waals surface area contributed by atoms with E-state index in [2.05, 4.69) is 5.32 Å². The van der Waals surface area contributed by atoms with Crippen LogP contribution in [0.3, 0.4) is 0 Å². The average molecular weight is 293 g/mol. The molecule has 1 fully saturated rings. The zero-order valence-corrected chi connectivity index (χ0v) is 12.2. The van der Waals surface area contributed by atoms with E-state index in [9.17, 15) is 14.9 Å². The lowest BCUT2D eigenvalue weighted by molar-refractivity contribution is -0.384. The summed E-state index contributed by atoms with van der Waals surface area (Å²) in [4.78, 5) is 24.1. The Morgan fingerprint density at radius 2 is 2.05 bits per heavy atom. The maximum atomic E-state index is 12.0. The fraction of sp³-hybridized carbons (Fsp3) is 0.500. The SMILES string of the molecule is CN(C)C(=O)c1ccc([N+](=O)[O-])c(NC2CCOCC2)c1. The van der Waals surface area contributed by atoms with Gasteiger partial charge in [0.1, 0.15) is 5.69 Å². The molecule has 1 aliphatic heterocycles. The van der Waals surface area contributed by atoms with Crippen LogP contribution in [-0.2, 0) is 4.74 Å². The van der Waals surface area contributed by atoms with Gasteiger partial charge in [0.05, 0.1) is 4.92 Å². The number of hydrogen-bond acceptors (Lipinski definition) is 5. The number of rotatable bonds is 4. The second-order valence-corrected chi connectivity index (χ2v) is 5.22. The van der Waals surface area contributed by atoms with Crippen molar-refractivity contribution < 1.29 is 14.5 Å². The number of nitro benzene ring substituents is 1. The van der Waals surface area contributed by atoms with Crippen molar-refractivity contribution in [2.24, 2.45) is 0 Å². The van der Waals surface area contributed by atoms with Crippen LogP contribution in [0.1, 0.15) is 23.2 Å². The van der Waals surface area contributed by atoms with Gasteiger partial charge in [-0.1, -0.05) is 0 Å². The number of ether oxygens (including phenoxy) is 1. The minimum Gasteiger partial charge on any atom is -0.381 e. The number of hydrogen-bond donors (Lipinski definition) is 1. The Morgan fingerprint density at radius 3 is 2.62 bits per heavy atom. The van der Waals surface area contributed by atoms with Gasteiger partial charge >= 0.3 is 0 Å². The van der Waals surface area contributed by atoms with E-state index in [1.807, 2.05) is 0 Å². The summed E-state index contributed by atoms with van der Waals surface area (Å²) in [5.74, 6) is -0.181. The summed E-state index contributed by atoms with van der Waals surface area (Å²) >= 11 is 0. The monoisotopic (exact) mass is 293 g/mol. The molecule has 7 nitrogen and oxygen atoms in total. The van der Waals surface area contributed by atoms with Crippen molar-refractivity contribution in [3.8, 4) is 0 Å². The van der Waals surface area contributed by atoms with Crippen LogP contribution in [0.5, 0.6) is 0 Å². The molecule has 1 heterocycles. The molecule has 0 aliphatic carbocycles. The lowest BCUT2D eigenvalue weighted by atomic mass is 10.1. The van der Waals surface area contributed by atoms with Crippen LogP contribution in [0.15, 0.2) is 18.2 Å². The molecule has 2 rings (SSSR count). The van der Waals surface area contributed by atoms with Gasteiger partial charge < -0.3 is 15.0 Å². The van der Waals surface area contributed by atoms with E-state index in [0.717, 1.165) is 12.8 Å². The summed E-state index contributed by atoms with van der Waals surface area (Å²) < 4.78 is 5.27. The summed E-state index contributed by atoms with van der Waals surface area (Å²) in [5, 5.41) is 14.3. The van der Waals surface area contributed by atoms with Gasteiger partial charge in [-0.3, -0.25) is 14.9 Å². The van der Waals surface area contributed by atoms with E-state index in [4.69, 9.17) is 4.74 Å². The van der Waals surface area contributed by atoms with Gasteiger partial charge in [0.25, 0.3) is 11.6 Å². The predicted molar refractivity (Wildman–Crippen MR) is 78.6 cm³/mol. The average Bonchev–Trinajstić information content (AvgIpc) is 2.47. The third-order valence-electron chi connectivity index (χ3n) is 3.43. The quantitative estimate of drug-likeness (QED) is 0.677. The van der Waals surface area contributed by atoms with E-state index in [1.54, 1.807) is 20.2 Å². The molecule has 1 amide bonds. The number of nitro groups is 1. The smallest absolute Gasteiger partial charge is 0.292 e. The molecular formula is C14H19N3O4. The van der Waals surface area contributed by atoms with Crippen LogP contribution >= 0.6 is 0 Å². The second kappa shape index (κ2) is 6.53. The first-order chi connectivity index (χ1) is 9.99. The molecule has 1 aromatic rings. The zero-order chi connectivity index (χ0) is 15.4. The first-order valence-corrected chi connectivity index (χ1v) is 6.83. The fourth-order valence-electron chi connectivity index (χ4n) is 2.26. The highest BCUT2D eigenvalue weighted by Gasteiger charge is 2.21. The molecule has 0 unspecified atom stereocenters. The van der Waals surface area contributed by atoms with Crippen molar-refractivity contribution in [2.45, 2.75) is 18.9 Å². The molecule has 0 bridgehead atoms. The Kier molecular flexibility index (Phi) is 4.74. The molecule has 7 heteroatoms. The lowest BCUT2D eigenvalue weighted by Gasteiger charge is -2.24. The normalized spacial score (nSPS) is 15.5. The Morgan fingerprint density at radius 1 is 1.38 bits per heavy atom. The highest BCUT2D eigenvalue weighted by molar-refractivity contribution is 5.95. The zero-order valence-electron chi connectivity index (χ0n) is 12.2. The largest absolute Gasteiger partial charge is 0.381 e. The Balaban J connectivity index is 2.28. The van der Waals surface area contributed by atoms with E-state index in [0.29, 0.717) is 24.5 Å². The van der Waals surface area contributed by atoms with Gasteiger partial charge in [-0.05, 0) is 25.0 Å². The molecular weight excluding hydrogens is 274 g/mol. The molecule has 21 heavy (non-hydrogen) atoms. The molecule has 1 N–H and O–H groups in total. The number of nitrogens with one attached hydrogen (secondary N) is 1. The number of benzene rings is 1. The number of amides is 1. The van der Waals surface area contributed by atoms with E-state index < -0.39 is 4.92 Å². The van der Waals surface area contributed by atoms with Crippen LogP contribution < -0.4 is 5.32 Å². The first-order valence-electron chi connectivity index (χ1n) is 6.83. The van der Waals surface area contributed by atoms with Crippen molar-refractivity contribution in [2.75, 3.05) is 32.6 Å². The summed E-state index contributed by atoms with van der Waals surface area (Å²) in [7, 11) is 3.30. The predicted octanol–water partition coefficient (Wildman–Crippen LogP) is 1.89. The third kappa shape index (κ3) is 3.69. The standard InChI is InChI=1S/C14H19N3O4/c1-16(2)14(18)10-3-4-13(17(19)20)12(9-10)15-11-5-7-21-8-6-11/h3-4,9,11,15H,5-8H2,1-2H3. The Hall–Kier alpha value is -2.15. The van der Waals surface area contributed by atoms with Crippen LogP contribution in [0.4, 0.5) is 11.4 Å². The molecule has 0 spiro atoms. The van der Waals surface area contributed by atoms with E-state index in [1.165, 1.54) is 17.0 Å².